The van der Waals surface area contributed by atoms with E-state index in [1.54, 1.807) is 14.2 Å². The summed E-state index contributed by atoms with van der Waals surface area (Å²) in [4.78, 5) is 0. The molecule has 2 unspecified atom stereocenters. The van der Waals surface area contributed by atoms with E-state index < -0.39 is 7.14 Å². The Balaban J connectivity index is 2.08. The maximum atomic E-state index is 13.8. The second-order valence-electron chi connectivity index (χ2n) is 5.95. The molecule has 110 valence electrons. The molecule has 3 rings (SSSR count). The zero-order valence-corrected chi connectivity index (χ0v) is 13.2. The van der Waals surface area contributed by atoms with Gasteiger partial charge < -0.3 is 14.0 Å². The lowest BCUT2D eigenvalue weighted by atomic mass is 10.0. The summed E-state index contributed by atoms with van der Waals surface area (Å²) in [6.45, 7) is 0. The molecule has 1 aromatic carbocycles. The van der Waals surface area contributed by atoms with Crippen LogP contribution in [-0.2, 0) is 4.57 Å². The van der Waals surface area contributed by atoms with Crippen molar-refractivity contribution in [3.05, 3.63) is 18.2 Å². The molecule has 0 amide bonds. The van der Waals surface area contributed by atoms with E-state index in [1.165, 1.54) is 12.8 Å². The number of ether oxygens (including phenoxy) is 2. The molecular formula is C16H23O3P. The largest absolute Gasteiger partial charge is 0.497 e. The molecular weight excluding hydrogens is 271 g/mol. The van der Waals surface area contributed by atoms with Crippen molar-refractivity contribution in [1.82, 2.24) is 0 Å². The van der Waals surface area contributed by atoms with Crippen molar-refractivity contribution in [2.24, 2.45) is 0 Å². The van der Waals surface area contributed by atoms with Gasteiger partial charge in [0.25, 0.3) is 0 Å². The zero-order chi connectivity index (χ0) is 14.2. The average molecular weight is 294 g/mol. The van der Waals surface area contributed by atoms with Gasteiger partial charge in [0.05, 0.1) is 14.2 Å². The Hall–Kier alpha value is -0.950. The van der Waals surface area contributed by atoms with Gasteiger partial charge in [-0.05, 0) is 37.8 Å². The SMILES string of the molecule is COc1cc(OC)cc(P2(=O)C3CCCCC2CC3)c1. The van der Waals surface area contributed by atoms with Crippen LogP contribution in [-0.4, -0.2) is 25.5 Å². The van der Waals surface area contributed by atoms with Crippen LogP contribution >= 0.6 is 7.14 Å². The minimum atomic E-state index is -2.32. The fraction of sp³-hybridized carbons (Fsp3) is 0.625. The van der Waals surface area contributed by atoms with Crippen LogP contribution in [0.25, 0.3) is 0 Å². The fourth-order valence-corrected chi connectivity index (χ4v) is 8.21. The second-order valence-corrected chi connectivity index (χ2v) is 9.35. The van der Waals surface area contributed by atoms with Gasteiger partial charge in [-0.15, -0.1) is 0 Å². The van der Waals surface area contributed by atoms with Crippen LogP contribution in [0.15, 0.2) is 18.2 Å². The van der Waals surface area contributed by atoms with Crippen molar-refractivity contribution in [2.75, 3.05) is 14.2 Å². The van der Waals surface area contributed by atoms with E-state index in [2.05, 4.69) is 0 Å². The van der Waals surface area contributed by atoms with E-state index in [1.807, 2.05) is 18.2 Å². The number of hydrogen-bond acceptors (Lipinski definition) is 3. The number of methoxy groups -OCH3 is 2. The zero-order valence-electron chi connectivity index (χ0n) is 12.3. The van der Waals surface area contributed by atoms with E-state index >= 15 is 0 Å². The first-order valence-corrected chi connectivity index (χ1v) is 9.36. The maximum absolute atomic E-state index is 13.8. The van der Waals surface area contributed by atoms with Gasteiger partial charge in [-0.2, -0.15) is 0 Å². The minimum absolute atomic E-state index is 0.381. The molecule has 0 N–H and O–H groups in total. The maximum Gasteiger partial charge on any atom is 0.123 e. The van der Waals surface area contributed by atoms with Crippen LogP contribution in [0.3, 0.4) is 0 Å². The van der Waals surface area contributed by atoms with E-state index in [4.69, 9.17) is 9.47 Å². The van der Waals surface area contributed by atoms with Crippen molar-refractivity contribution < 1.29 is 14.0 Å². The summed E-state index contributed by atoms with van der Waals surface area (Å²) in [5.41, 5.74) is 0.763. The molecule has 0 aromatic heterocycles. The highest BCUT2D eigenvalue weighted by molar-refractivity contribution is 7.73. The summed E-state index contributed by atoms with van der Waals surface area (Å²) < 4.78 is 24.5. The summed E-state index contributed by atoms with van der Waals surface area (Å²) >= 11 is 0. The lowest BCUT2D eigenvalue weighted by Gasteiger charge is -2.24. The predicted molar refractivity (Wildman–Crippen MR) is 82.1 cm³/mol. The van der Waals surface area contributed by atoms with Gasteiger partial charge in [-0.3, -0.25) is 0 Å². The van der Waals surface area contributed by atoms with Gasteiger partial charge in [-0.25, -0.2) is 0 Å². The third kappa shape index (κ3) is 2.16. The molecule has 1 aromatic rings. The van der Waals surface area contributed by atoms with Crippen LogP contribution in [0.2, 0.25) is 0 Å². The molecule has 2 aliphatic heterocycles. The Bertz CT molecular complexity index is 500. The molecule has 2 heterocycles. The standard InChI is InChI=1S/C16H23O3P/c1-18-12-9-13(19-2)11-16(10-12)20(17)14-5-3-4-6-15(20)8-7-14/h9-11,14-15H,3-8H2,1-2H3. The first-order valence-electron chi connectivity index (χ1n) is 7.51. The van der Waals surface area contributed by atoms with Crippen LogP contribution in [0, 0.1) is 0 Å². The number of benzene rings is 1. The highest BCUT2D eigenvalue weighted by atomic mass is 31.2. The highest BCUT2D eigenvalue weighted by Crippen LogP contribution is 2.66. The first-order chi connectivity index (χ1) is 9.68. The third-order valence-electron chi connectivity index (χ3n) is 4.98. The number of hydrogen-bond donors (Lipinski definition) is 0. The Labute approximate surface area is 121 Å². The quantitative estimate of drug-likeness (QED) is 0.795. The van der Waals surface area contributed by atoms with Crippen molar-refractivity contribution >= 4 is 12.4 Å². The van der Waals surface area contributed by atoms with Gasteiger partial charge in [0, 0.05) is 22.7 Å². The first kappa shape index (κ1) is 14.0. The average Bonchev–Trinajstić information content (AvgIpc) is 2.67. The van der Waals surface area contributed by atoms with Crippen LogP contribution in [0.4, 0.5) is 0 Å². The van der Waals surface area contributed by atoms with Crippen molar-refractivity contribution in [2.45, 2.75) is 49.8 Å². The van der Waals surface area contributed by atoms with Crippen molar-refractivity contribution in [3.63, 3.8) is 0 Å². The van der Waals surface area contributed by atoms with E-state index in [0.29, 0.717) is 11.3 Å². The summed E-state index contributed by atoms with van der Waals surface area (Å²) in [7, 11) is 0.978. The van der Waals surface area contributed by atoms with Gasteiger partial charge in [0.15, 0.2) is 0 Å². The molecule has 2 aliphatic rings. The molecule has 0 radical (unpaired) electrons. The summed E-state index contributed by atoms with van der Waals surface area (Å²) in [6, 6.07) is 5.80. The predicted octanol–water partition coefficient (Wildman–Crippen LogP) is 3.80. The van der Waals surface area contributed by atoms with E-state index in [9.17, 15) is 4.57 Å². The third-order valence-corrected chi connectivity index (χ3v) is 9.25. The summed E-state index contributed by atoms with van der Waals surface area (Å²) in [5, 5.41) is 0.975. The van der Waals surface area contributed by atoms with Crippen LogP contribution in [0.1, 0.15) is 38.5 Å². The molecule has 2 atom stereocenters. The van der Waals surface area contributed by atoms with Gasteiger partial charge in [0.1, 0.15) is 18.6 Å². The fourth-order valence-electron chi connectivity index (χ4n) is 3.91. The molecule has 2 saturated heterocycles. The lowest BCUT2D eigenvalue weighted by molar-refractivity contribution is 0.395. The second kappa shape index (κ2) is 5.44. The normalized spacial score (nSPS) is 32.7. The van der Waals surface area contributed by atoms with Gasteiger partial charge in [0.2, 0.25) is 0 Å². The summed E-state index contributed by atoms with van der Waals surface area (Å²) in [6.07, 6.45) is 6.95. The van der Waals surface area contributed by atoms with E-state index in [0.717, 1.165) is 42.5 Å². The molecule has 2 fully saturated rings. The molecule has 3 nitrogen and oxygen atoms in total. The lowest BCUT2D eigenvalue weighted by Crippen LogP contribution is -2.18. The minimum Gasteiger partial charge on any atom is -0.497 e. The highest BCUT2D eigenvalue weighted by Gasteiger charge is 2.48. The monoisotopic (exact) mass is 294 g/mol. The van der Waals surface area contributed by atoms with Crippen LogP contribution in [0.5, 0.6) is 11.5 Å². The molecule has 0 saturated carbocycles. The van der Waals surface area contributed by atoms with Crippen molar-refractivity contribution in [1.29, 1.82) is 0 Å². The Kier molecular flexibility index (Phi) is 3.81. The summed E-state index contributed by atoms with van der Waals surface area (Å²) in [5.74, 6) is 1.50. The molecule has 0 spiro atoms. The molecule has 0 aliphatic carbocycles. The number of rotatable bonds is 3. The Morgan fingerprint density at radius 1 is 0.900 bits per heavy atom. The molecule has 20 heavy (non-hydrogen) atoms. The topological polar surface area (TPSA) is 35.5 Å². The van der Waals surface area contributed by atoms with Crippen LogP contribution < -0.4 is 14.8 Å². The smallest absolute Gasteiger partial charge is 0.123 e. The molecule has 2 bridgehead atoms. The van der Waals surface area contributed by atoms with Gasteiger partial charge in [-0.1, -0.05) is 12.8 Å². The van der Waals surface area contributed by atoms with Gasteiger partial charge >= 0.3 is 0 Å². The van der Waals surface area contributed by atoms with Crippen molar-refractivity contribution in [3.8, 4) is 11.5 Å². The van der Waals surface area contributed by atoms with E-state index in [-0.39, 0.29) is 0 Å². The molecule has 4 heteroatoms. The Morgan fingerprint density at radius 2 is 1.40 bits per heavy atom. The Morgan fingerprint density at radius 3 is 1.85 bits per heavy atom. The number of fused-ring (bicyclic) bond motifs is 2.